The molecule has 3 heteroatoms. The molecule has 2 N–H and O–H groups in total. The van der Waals surface area contributed by atoms with Crippen molar-refractivity contribution in [3.05, 3.63) is 29.8 Å². The van der Waals surface area contributed by atoms with Gasteiger partial charge in [-0.15, -0.1) is 0 Å². The van der Waals surface area contributed by atoms with Gasteiger partial charge in [-0.3, -0.25) is 0 Å². The van der Waals surface area contributed by atoms with Crippen molar-refractivity contribution < 1.29 is 4.74 Å². The van der Waals surface area contributed by atoms with E-state index in [-0.39, 0.29) is 6.04 Å². The standard InChI is InChI=1S/C16H28N2O/c1-5-10-19-15-8-6-14(7-9-15)16(17)12-18(4)11-13(2)3/h6-9,13,16H,5,10-12,17H2,1-4H3. The third-order valence-electron chi connectivity index (χ3n) is 2.97. The first-order chi connectivity index (χ1) is 9.02. The maximum atomic E-state index is 6.24. The van der Waals surface area contributed by atoms with Crippen molar-refractivity contribution >= 4 is 0 Å². The van der Waals surface area contributed by atoms with Gasteiger partial charge in [-0.1, -0.05) is 32.9 Å². The van der Waals surface area contributed by atoms with E-state index < -0.39 is 0 Å². The molecule has 0 aliphatic rings. The molecule has 1 unspecified atom stereocenters. The summed E-state index contributed by atoms with van der Waals surface area (Å²) in [6.07, 6.45) is 1.03. The van der Waals surface area contributed by atoms with Gasteiger partial charge in [0.1, 0.15) is 5.75 Å². The second-order valence-electron chi connectivity index (χ2n) is 5.64. The van der Waals surface area contributed by atoms with Gasteiger partial charge in [-0.25, -0.2) is 0 Å². The Labute approximate surface area is 117 Å². The Kier molecular flexibility index (Phi) is 6.89. The van der Waals surface area contributed by atoms with E-state index in [0.717, 1.165) is 31.9 Å². The van der Waals surface area contributed by atoms with Crippen molar-refractivity contribution in [2.24, 2.45) is 11.7 Å². The number of likely N-dealkylation sites (N-methyl/N-ethyl adjacent to an activating group) is 1. The lowest BCUT2D eigenvalue weighted by molar-refractivity contribution is 0.279. The number of nitrogens with zero attached hydrogens (tertiary/aromatic N) is 1. The lowest BCUT2D eigenvalue weighted by atomic mass is 10.1. The summed E-state index contributed by atoms with van der Waals surface area (Å²) in [5.41, 5.74) is 7.41. The predicted molar refractivity (Wildman–Crippen MR) is 81.5 cm³/mol. The normalized spacial score (nSPS) is 13.0. The molecule has 0 aromatic heterocycles. The summed E-state index contributed by atoms with van der Waals surface area (Å²) in [5.74, 6) is 1.59. The van der Waals surface area contributed by atoms with Gasteiger partial charge in [0.25, 0.3) is 0 Å². The summed E-state index contributed by atoms with van der Waals surface area (Å²) in [5, 5.41) is 0. The number of rotatable bonds is 8. The summed E-state index contributed by atoms with van der Waals surface area (Å²) in [7, 11) is 2.12. The zero-order chi connectivity index (χ0) is 14.3. The van der Waals surface area contributed by atoms with E-state index in [2.05, 4.69) is 44.9 Å². The van der Waals surface area contributed by atoms with Crippen molar-refractivity contribution in [2.45, 2.75) is 33.2 Å². The first kappa shape index (κ1) is 16.0. The average molecular weight is 264 g/mol. The van der Waals surface area contributed by atoms with Crippen molar-refractivity contribution in [2.75, 3.05) is 26.7 Å². The Morgan fingerprint density at radius 2 is 1.79 bits per heavy atom. The third-order valence-corrected chi connectivity index (χ3v) is 2.97. The minimum Gasteiger partial charge on any atom is -0.494 e. The van der Waals surface area contributed by atoms with Gasteiger partial charge in [0.15, 0.2) is 0 Å². The molecule has 19 heavy (non-hydrogen) atoms. The topological polar surface area (TPSA) is 38.5 Å². The highest BCUT2D eigenvalue weighted by molar-refractivity contribution is 5.29. The van der Waals surface area contributed by atoms with Crippen LogP contribution in [0.1, 0.15) is 38.8 Å². The molecule has 1 aromatic rings. The SMILES string of the molecule is CCCOc1ccc(C(N)CN(C)CC(C)C)cc1. The van der Waals surface area contributed by atoms with Gasteiger partial charge in [0.05, 0.1) is 6.61 Å². The molecule has 0 radical (unpaired) electrons. The lowest BCUT2D eigenvalue weighted by Gasteiger charge is -2.23. The molecule has 1 rings (SSSR count). The number of hydrogen-bond donors (Lipinski definition) is 1. The number of benzene rings is 1. The second kappa shape index (κ2) is 8.18. The summed E-state index contributed by atoms with van der Waals surface area (Å²) in [6.45, 7) is 9.28. The Hall–Kier alpha value is -1.06. The first-order valence-electron chi connectivity index (χ1n) is 7.19. The fourth-order valence-electron chi connectivity index (χ4n) is 2.17. The van der Waals surface area contributed by atoms with E-state index in [4.69, 9.17) is 10.5 Å². The molecule has 0 bridgehead atoms. The Bertz CT molecular complexity index is 348. The molecule has 0 saturated heterocycles. The minimum absolute atomic E-state index is 0.0592. The summed E-state index contributed by atoms with van der Waals surface area (Å²) in [6, 6.07) is 8.21. The Morgan fingerprint density at radius 1 is 1.16 bits per heavy atom. The maximum absolute atomic E-state index is 6.24. The van der Waals surface area contributed by atoms with Gasteiger partial charge < -0.3 is 15.4 Å². The van der Waals surface area contributed by atoms with Crippen LogP contribution in [0, 0.1) is 5.92 Å². The molecule has 1 aromatic carbocycles. The van der Waals surface area contributed by atoms with Gasteiger partial charge in [-0.05, 0) is 37.1 Å². The van der Waals surface area contributed by atoms with E-state index >= 15 is 0 Å². The van der Waals surface area contributed by atoms with E-state index in [1.165, 1.54) is 5.56 Å². The fourth-order valence-corrected chi connectivity index (χ4v) is 2.17. The van der Waals surface area contributed by atoms with Crippen LogP contribution in [0.25, 0.3) is 0 Å². The Balaban J connectivity index is 2.50. The van der Waals surface area contributed by atoms with Crippen LogP contribution < -0.4 is 10.5 Å². The monoisotopic (exact) mass is 264 g/mol. The molecular formula is C16H28N2O. The van der Waals surface area contributed by atoms with Crippen LogP contribution in [0.2, 0.25) is 0 Å². The molecule has 0 aliphatic carbocycles. The van der Waals surface area contributed by atoms with Crippen LogP contribution >= 0.6 is 0 Å². The molecule has 0 heterocycles. The lowest BCUT2D eigenvalue weighted by Crippen LogP contribution is -2.31. The minimum atomic E-state index is 0.0592. The van der Waals surface area contributed by atoms with Crippen LogP contribution in [0.3, 0.4) is 0 Å². The Morgan fingerprint density at radius 3 is 2.32 bits per heavy atom. The largest absolute Gasteiger partial charge is 0.494 e. The highest BCUT2D eigenvalue weighted by Gasteiger charge is 2.10. The summed E-state index contributed by atoms with van der Waals surface area (Å²) >= 11 is 0. The average Bonchev–Trinajstić information content (AvgIpc) is 2.35. The van der Waals surface area contributed by atoms with Gasteiger partial charge in [-0.2, -0.15) is 0 Å². The second-order valence-corrected chi connectivity index (χ2v) is 5.64. The molecule has 3 nitrogen and oxygen atoms in total. The van der Waals surface area contributed by atoms with E-state index in [1.807, 2.05) is 12.1 Å². The highest BCUT2D eigenvalue weighted by atomic mass is 16.5. The molecule has 0 saturated carbocycles. The van der Waals surface area contributed by atoms with E-state index in [0.29, 0.717) is 5.92 Å². The van der Waals surface area contributed by atoms with Gasteiger partial charge >= 0.3 is 0 Å². The zero-order valence-corrected chi connectivity index (χ0v) is 12.7. The third kappa shape index (κ3) is 6.08. The van der Waals surface area contributed by atoms with E-state index in [1.54, 1.807) is 0 Å². The van der Waals surface area contributed by atoms with Crippen LogP contribution in [0.5, 0.6) is 5.75 Å². The predicted octanol–water partition coefficient (Wildman–Crippen LogP) is 3.06. The number of nitrogens with two attached hydrogens (primary N) is 1. The van der Waals surface area contributed by atoms with Gasteiger partial charge in [0.2, 0.25) is 0 Å². The summed E-state index contributed by atoms with van der Waals surface area (Å²) in [4.78, 5) is 2.29. The van der Waals surface area contributed by atoms with Crippen LogP contribution in [0.4, 0.5) is 0 Å². The highest BCUT2D eigenvalue weighted by Crippen LogP contribution is 2.17. The smallest absolute Gasteiger partial charge is 0.119 e. The molecule has 108 valence electrons. The molecule has 0 fully saturated rings. The van der Waals surface area contributed by atoms with Crippen LogP contribution in [-0.4, -0.2) is 31.6 Å². The van der Waals surface area contributed by atoms with E-state index in [9.17, 15) is 0 Å². The van der Waals surface area contributed by atoms with Crippen molar-refractivity contribution in [1.29, 1.82) is 0 Å². The zero-order valence-electron chi connectivity index (χ0n) is 12.7. The van der Waals surface area contributed by atoms with Crippen LogP contribution in [0.15, 0.2) is 24.3 Å². The molecule has 0 aliphatic heterocycles. The summed E-state index contributed by atoms with van der Waals surface area (Å²) < 4.78 is 5.57. The number of ether oxygens (including phenoxy) is 1. The molecule has 0 amide bonds. The first-order valence-corrected chi connectivity index (χ1v) is 7.19. The van der Waals surface area contributed by atoms with Crippen LogP contribution in [-0.2, 0) is 0 Å². The van der Waals surface area contributed by atoms with Crippen molar-refractivity contribution in [1.82, 2.24) is 4.90 Å². The van der Waals surface area contributed by atoms with Crippen molar-refractivity contribution in [3.8, 4) is 5.75 Å². The number of hydrogen-bond acceptors (Lipinski definition) is 3. The molecule has 1 atom stereocenters. The van der Waals surface area contributed by atoms with Gasteiger partial charge in [0, 0.05) is 19.1 Å². The fraction of sp³-hybridized carbons (Fsp3) is 0.625. The molecular weight excluding hydrogens is 236 g/mol. The quantitative estimate of drug-likeness (QED) is 0.784. The van der Waals surface area contributed by atoms with Crippen molar-refractivity contribution in [3.63, 3.8) is 0 Å². The molecule has 0 spiro atoms. The maximum Gasteiger partial charge on any atom is 0.119 e.